The minimum Gasteiger partial charge on any atom is -0.497 e. The van der Waals surface area contributed by atoms with Gasteiger partial charge in [-0.05, 0) is 60.7 Å². The van der Waals surface area contributed by atoms with Gasteiger partial charge in [-0.1, -0.05) is 0 Å². The number of hydrogen-bond donors (Lipinski definition) is 1. The highest BCUT2D eigenvalue weighted by molar-refractivity contribution is 7.14. The van der Waals surface area contributed by atoms with Gasteiger partial charge in [0, 0.05) is 21.9 Å². The molecule has 1 amide bonds. The minimum atomic E-state index is -0.123. The van der Waals surface area contributed by atoms with E-state index < -0.39 is 0 Å². The van der Waals surface area contributed by atoms with Gasteiger partial charge in [0.2, 0.25) is 5.91 Å². The third kappa shape index (κ3) is 3.77. The Morgan fingerprint density at radius 1 is 1.16 bits per heavy atom. The number of benzene rings is 2. The first kappa shape index (κ1) is 19.6. The van der Waals surface area contributed by atoms with Gasteiger partial charge in [0.1, 0.15) is 17.1 Å². The fraction of sp³-hybridized carbons (Fsp3) is 0.250. The molecule has 1 aliphatic carbocycles. The molecule has 0 aliphatic heterocycles. The number of nitrogens with zero attached hydrogens (tertiary/aromatic N) is 1. The maximum absolute atomic E-state index is 12.7. The number of carbonyl (C=O) groups is 1. The molecule has 0 fully saturated rings. The SMILES string of the molecule is COc1ccc(OC)c(-c2csc(NC(=O)Cc3coc4cc5c(cc34)CCC5)n2)c1. The van der Waals surface area contributed by atoms with Gasteiger partial charge < -0.3 is 19.2 Å². The van der Waals surface area contributed by atoms with E-state index in [1.165, 1.54) is 28.9 Å². The van der Waals surface area contributed by atoms with Crippen LogP contribution in [0, 0.1) is 0 Å². The van der Waals surface area contributed by atoms with Gasteiger partial charge >= 0.3 is 0 Å². The fourth-order valence-corrected chi connectivity index (χ4v) is 4.82. The number of hydrogen-bond acceptors (Lipinski definition) is 6. The highest BCUT2D eigenvalue weighted by atomic mass is 32.1. The molecule has 158 valence electrons. The van der Waals surface area contributed by atoms with Crippen LogP contribution in [-0.4, -0.2) is 25.1 Å². The molecule has 7 heteroatoms. The number of methoxy groups -OCH3 is 2. The molecule has 5 rings (SSSR count). The molecule has 1 aliphatic rings. The summed E-state index contributed by atoms with van der Waals surface area (Å²) in [6, 6.07) is 9.85. The van der Waals surface area contributed by atoms with E-state index in [1.807, 2.05) is 23.6 Å². The molecule has 2 heterocycles. The number of carbonyl (C=O) groups excluding carboxylic acids is 1. The lowest BCUT2D eigenvalue weighted by Crippen LogP contribution is -2.14. The summed E-state index contributed by atoms with van der Waals surface area (Å²) >= 11 is 1.38. The molecule has 0 atom stereocenters. The van der Waals surface area contributed by atoms with Gasteiger partial charge in [0.25, 0.3) is 0 Å². The summed E-state index contributed by atoms with van der Waals surface area (Å²) in [7, 11) is 3.23. The van der Waals surface area contributed by atoms with E-state index in [0.717, 1.165) is 40.6 Å². The van der Waals surface area contributed by atoms with Gasteiger partial charge in [-0.25, -0.2) is 4.98 Å². The van der Waals surface area contributed by atoms with E-state index in [0.29, 0.717) is 16.6 Å². The summed E-state index contributed by atoms with van der Waals surface area (Å²) in [5.41, 5.74) is 6.01. The quantitative estimate of drug-likeness (QED) is 0.449. The normalized spacial score (nSPS) is 12.7. The van der Waals surface area contributed by atoms with Gasteiger partial charge in [0.15, 0.2) is 5.13 Å². The second-order valence-corrected chi connectivity index (χ2v) is 8.42. The summed E-state index contributed by atoms with van der Waals surface area (Å²) < 4.78 is 16.5. The maximum Gasteiger partial charge on any atom is 0.230 e. The highest BCUT2D eigenvalue weighted by Gasteiger charge is 2.18. The van der Waals surface area contributed by atoms with Crippen LogP contribution in [0.2, 0.25) is 0 Å². The summed E-state index contributed by atoms with van der Waals surface area (Å²) in [6.45, 7) is 0. The molecular weight excluding hydrogens is 412 g/mol. The first-order valence-electron chi connectivity index (χ1n) is 10.1. The van der Waals surface area contributed by atoms with Crippen LogP contribution in [0.3, 0.4) is 0 Å². The lowest BCUT2D eigenvalue weighted by atomic mass is 10.0. The number of rotatable bonds is 6. The van der Waals surface area contributed by atoms with Crippen LogP contribution >= 0.6 is 11.3 Å². The van der Waals surface area contributed by atoms with E-state index in [9.17, 15) is 4.79 Å². The third-order valence-corrected chi connectivity index (χ3v) is 6.41. The van der Waals surface area contributed by atoms with E-state index in [4.69, 9.17) is 13.9 Å². The first-order valence-corrected chi connectivity index (χ1v) is 11.0. The van der Waals surface area contributed by atoms with Crippen LogP contribution in [0.1, 0.15) is 23.1 Å². The van der Waals surface area contributed by atoms with E-state index in [1.54, 1.807) is 20.5 Å². The summed E-state index contributed by atoms with van der Waals surface area (Å²) in [4.78, 5) is 17.3. The van der Waals surface area contributed by atoms with Crippen molar-refractivity contribution in [2.75, 3.05) is 19.5 Å². The third-order valence-electron chi connectivity index (χ3n) is 5.65. The van der Waals surface area contributed by atoms with Crippen molar-refractivity contribution in [1.29, 1.82) is 0 Å². The van der Waals surface area contributed by atoms with Crippen LogP contribution in [0.4, 0.5) is 5.13 Å². The molecule has 0 saturated heterocycles. The molecule has 2 aromatic heterocycles. The second kappa shape index (κ2) is 8.07. The number of aryl methyl sites for hydroxylation is 2. The number of anilines is 1. The average Bonchev–Trinajstić information content (AvgIpc) is 3.52. The number of furan rings is 1. The van der Waals surface area contributed by atoms with E-state index >= 15 is 0 Å². The van der Waals surface area contributed by atoms with Gasteiger partial charge in [-0.2, -0.15) is 0 Å². The second-order valence-electron chi connectivity index (χ2n) is 7.56. The van der Waals surface area contributed by atoms with E-state index in [-0.39, 0.29) is 12.3 Å². The number of aromatic nitrogens is 1. The predicted molar refractivity (Wildman–Crippen MR) is 121 cm³/mol. The van der Waals surface area contributed by atoms with Crippen molar-refractivity contribution in [3.05, 3.63) is 58.7 Å². The number of ether oxygens (including phenoxy) is 2. The maximum atomic E-state index is 12.7. The van der Waals surface area contributed by atoms with Crippen molar-refractivity contribution in [1.82, 2.24) is 4.98 Å². The molecule has 0 spiro atoms. The monoisotopic (exact) mass is 434 g/mol. The van der Waals surface area contributed by atoms with Crippen LogP contribution in [-0.2, 0) is 24.1 Å². The number of amides is 1. The Morgan fingerprint density at radius 2 is 2.00 bits per heavy atom. The Bertz CT molecular complexity index is 1270. The fourth-order valence-electron chi connectivity index (χ4n) is 4.09. The molecule has 0 radical (unpaired) electrons. The lowest BCUT2D eigenvalue weighted by Gasteiger charge is -2.08. The molecule has 1 N–H and O–H groups in total. The Morgan fingerprint density at radius 3 is 2.81 bits per heavy atom. The molecule has 6 nitrogen and oxygen atoms in total. The number of fused-ring (bicyclic) bond motifs is 2. The van der Waals surface area contributed by atoms with Crippen molar-refractivity contribution >= 4 is 33.3 Å². The Kier molecular flexibility index (Phi) is 5.11. The van der Waals surface area contributed by atoms with Crippen molar-refractivity contribution in [3.63, 3.8) is 0 Å². The largest absolute Gasteiger partial charge is 0.497 e. The van der Waals surface area contributed by atoms with Crippen LogP contribution < -0.4 is 14.8 Å². The van der Waals surface area contributed by atoms with Crippen molar-refractivity contribution in [3.8, 4) is 22.8 Å². The van der Waals surface area contributed by atoms with Crippen molar-refractivity contribution < 1.29 is 18.7 Å². The van der Waals surface area contributed by atoms with Crippen molar-refractivity contribution in [2.24, 2.45) is 0 Å². The van der Waals surface area contributed by atoms with Gasteiger partial charge in [0.05, 0.1) is 32.6 Å². The number of thiazole rings is 1. The Balaban J connectivity index is 1.33. The summed E-state index contributed by atoms with van der Waals surface area (Å²) in [5, 5.41) is 6.37. The predicted octanol–water partition coefficient (Wildman–Crippen LogP) is 5.24. The lowest BCUT2D eigenvalue weighted by molar-refractivity contribution is -0.115. The zero-order chi connectivity index (χ0) is 21.4. The zero-order valence-electron chi connectivity index (χ0n) is 17.4. The first-order chi connectivity index (χ1) is 15.1. The zero-order valence-corrected chi connectivity index (χ0v) is 18.2. The number of nitrogens with one attached hydrogen (secondary N) is 1. The average molecular weight is 435 g/mol. The summed E-state index contributed by atoms with van der Waals surface area (Å²) in [6.07, 6.45) is 5.31. The molecule has 0 bridgehead atoms. The molecule has 0 saturated carbocycles. The van der Waals surface area contributed by atoms with E-state index in [2.05, 4.69) is 22.4 Å². The van der Waals surface area contributed by atoms with Crippen LogP contribution in [0.5, 0.6) is 11.5 Å². The van der Waals surface area contributed by atoms with Crippen molar-refractivity contribution in [2.45, 2.75) is 25.7 Å². The Hall–Kier alpha value is -3.32. The van der Waals surface area contributed by atoms with Gasteiger partial charge in [-0.15, -0.1) is 11.3 Å². The highest BCUT2D eigenvalue weighted by Crippen LogP contribution is 2.35. The molecule has 0 unspecified atom stereocenters. The Labute approximate surface area is 183 Å². The molecule has 4 aromatic rings. The standard InChI is InChI=1S/C24H22N2O4S/c1-28-17-6-7-21(29-2)19(11-17)20-13-31-24(25-20)26-23(27)10-16-12-30-22-9-15-5-3-4-14(15)8-18(16)22/h6-9,11-13H,3-5,10H2,1-2H3,(H,25,26,27). The smallest absolute Gasteiger partial charge is 0.230 e. The molecular formula is C24H22N2O4S. The van der Waals surface area contributed by atoms with Gasteiger partial charge in [-0.3, -0.25) is 4.79 Å². The molecule has 2 aromatic carbocycles. The molecule has 31 heavy (non-hydrogen) atoms. The minimum absolute atomic E-state index is 0.123. The summed E-state index contributed by atoms with van der Waals surface area (Å²) in [5.74, 6) is 1.29. The van der Waals surface area contributed by atoms with Crippen LogP contribution in [0.25, 0.3) is 22.2 Å². The topological polar surface area (TPSA) is 73.6 Å². The van der Waals surface area contributed by atoms with Crippen LogP contribution in [0.15, 0.2) is 46.4 Å².